The molecule has 0 unspecified atom stereocenters. The Labute approximate surface area is 78.2 Å². The van der Waals surface area contributed by atoms with Crippen molar-refractivity contribution in [3.05, 3.63) is 41.3 Å². The lowest BCUT2D eigenvalue weighted by Gasteiger charge is -2.07. The van der Waals surface area contributed by atoms with E-state index >= 15 is 0 Å². The predicted molar refractivity (Wildman–Crippen MR) is 51.7 cm³/mol. The lowest BCUT2D eigenvalue weighted by molar-refractivity contribution is 0.0697. The van der Waals surface area contributed by atoms with Crippen LogP contribution in [0.2, 0.25) is 0 Å². The van der Waals surface area contributed by atoms with Gasteiger partial charge in [-0.2, -0.15) is 0 Å². The summed E-state index contributed by atoms with van der Waals surface area (Å²) in [4.78, 5) is 10.5. The van der Waals surface area contributed by atoms with E-state index in [1.54, 1.807) is 12.1 Å². The van der Waals surface area contributed by atoms with Gasteiger partial charge >= 0.3 is 5.97 Å². The lowest BCUT2D eigenvalue weighted by atomic mass is 9.98. The fourth-order valence-electron chi connectivity index (χ4n) is 1.10. The number of carbonyl (C=O) groups is 1. The van der Waals surface area contributed by atoms with Gasteiger partial charge in [-0.3, -0.25) is 0 Å². The molecule has 0 atom stereocenters. The molecule has 0 saturated carbocycles. The van der Waals surface area contributed by atoms with Gasteiger partial charge in [0.2, 0.25) is 0 Å². The summed E-state index contributed by atoms with van der Waals surface area (Å²) in [5.41, 5.74) is 1.46. The fraction of sp³-hybridized carbons (Fsp3) is 0.273. The van der Waals surface area contributed by atoms with Gasteiger partial charge in [-0.1, -0.05) is 26.0 Å². The topological polar surface area (TPSA) is 37.3 Å². The van der Waals surface area contributed by atoms with Crippen LogP contribution in [0, 0.1) is 5.92 Å². The molecule has 0 spiro atoms. The molecule has 1 aromatic rings. The van der Waals surface area contributed by atoms with Gasteiger partial charge in [-0.05, 0) is 24.1 Å². The van der Waals surface area contributed by atoms with E-state index in [4.69, 9.17) is 5.11 Å². The van der Waals surface area contributed by atoms with Crippen molar-refractivity contribution in [2.75, 3.05) is 0 Å². The SMILES string of the molecule is CC[C](C)c1ccc(C(=O)O)cc1. The minimum Gasteiger partial charge on any atom is -0.478 e. The molecule has 0 saturated heterocycles. The summed E-state index contributed by atoms with van der Waals surface area (Å²) < 4.78 is 0. The second-order valence-electron chi connectivity index (χ2n) is 3.02. The molecule has 0 fully saturated rings. The summed E-state index contributed by atoms with van der Waals surface area (Å²) in [6.07, 6.45) is 0.992. The molecule has 0 amide bonds. The van der Waals surface area contributed by atoms with Gasteiger partial charge in [-0.15, -0.1) is 0 Å². The third-order valence-electron chi connectivity index (χ3n) is 2.15. The van der Waals surface area contributed by atoms with Crippen molar-refractivity contribution in [2.24, 2.45) is 0 Å². The zero-order valence-electron chi connectivity index (χ0n) is 7.87. The molecule has 0 aliphatic rings. The quantitative estimate of drug-likeness (QED) is 0.770. The first-order valence-electron chi connectivity index (χ1n) is 4.31. The maximum absolute atomic E-state index is 10.5. The highest BCUT2D eigenvalue weighted by Gasteiger charge is 2.05. The molecule has 0 aliphatic carbocycles. The van der Waals surface area contributed by atoms with Crippen LogP contribution in [0.3, 0.4) is 0 Å². The summed E-state index contributed by atoms with van der Waals surface area (Å²) in [6, 6.07) is 6.97. The van der Waals surface area contributed by atoms with E-state index in [9.17, 15) is 4.79 Å². The molecule has 1 rings (SSSR count). The Morgan fingerprint density at radius 1 is 1.23 bits per heavy atom. The zero-order chi connectivity index (χ0) is 9.84. The van der Waals surface area contributed by atoms with Gasteiger partial charge < -0.3 is 5.11 Å². The molecule has 1 N–H and O–H groups in total. The number of hydrogen-bond acceptors (Lipinski definition) is 1. The van der Waals surface area contributed by atoms with E-state index in [1.807, 2.05) is 12.1 Å². The van der Waals surface area contributed by atoms with Gasteiger partial charge in [-0.25, -0.2) is 4.79 Å². The number of aromatic carboxylic acids is 1. The number of benzene rings is 1. The van der Waals surface area contributed by atoms with Crippen LogP contribution < -0.4 is 0 Å². The Bertz CT molecular complexity index is 287. The highest BCUT2D eigenvalue weighted by Crippen LogP contribution is 2.17. The van der Waals surface area contributed by atoms with Crippen LogP contribution in [0.5, 0.6) is 0 Å². The first kappa shape index (κ1) is 9.78. The van der Waals surface area contributed by atoms with Crippen LogP contribution in [0.15, 0.2) is 24.3 Å². The molecule has 13 heavy (non-hydrogen) atoms. The fourth-order valence-corrected chi connectivity index (χ4v) is 1.10. The van der Waals surface area contributed by atoms with E-state index in [2.05, 4.69) is 13.8 Å². The van der Waals surface area contributed by atoms with E-state index in [0.29, 0.717) is 5.56 Å². The van der Waals surface area contributed by atoms with Crippen molar-refractivity contribution in [3.63, 3.8) is 0 Å². The molecule has 1 aromatic carbocycles. The summed E-state index contributed by atoms with van der Waals surface area (Å²) in [5, 5.41) is 8.66. The monoisotopic (exact) mass is 177 g/mol. The Morgan fingerprint density at radius 3 is 2.08 bits per heavy atom. The molecule has 0 aromatic heterocycles. The normalized spacial score (nSPS) is 10.4. The van der Waals surface area contributed by atoms with Crippen LogP contribution in [0.4, 0.5) is 0 Å². The molecule has 69 valence electrons. The van der Waals surface area contributed by atoms with Crippen molar-refractivity contribution < 1.29 is 9.90 Å². The second kappa shape index (κ2) is 4.08. The molecule has 0 heterocycles. The van der Waals surface area contributed by atoms with Crippen LogP contribution >= 0.6 is 0 Å². The minimum absolute atomic E-state index is 0.340. The predicted octanol–water partition coefficient (Wildman–Crippen LogP) is 2.74. The molecule has 2 heteroatoms. The van der Waals surface area contributed by atoms with E-state index in [-0.39, 0.29) is 0 Å². The van der Waals surface area contributed by atoms with Crippen LogP contribution in [-0.2, 0) is 0 Å². The van der Waals surface area contributed by atoms with Gasteiger partial charge in [0, 0.05) is 5.92 Å². The highest BCUT2D eigenvalue weighted by atomic mass is 16.4. The second-order valence-corrected chi connectivity index (χ2v) is 3.02. The third-order valence-corrected chi connectivity index (χ3v) is 2.15. The summed E-state index contributed by atoms with van der Waals surface area (Å²) in [7, 11) is 0. The number of rotatable bonds is 3. The third kappa shape index (κ3) is 2.31. The van der Waals surface area contributed by atoms with Gasteiger partial charge in [0.05, 0.1) is 5.56 Å². The number of carboxylic acids is 1. The Morgan fingerprint density at radius 2 is 1.69 bits per heavy atom. The molecule has 1 radical (unpaired) electrons. The van der Waals surface area contributed by atoms with Crippen molar-refractivity contribution in [3.8, 4) is 0 Å². The standard InChI is InChI=1S/C11H13O2/c1-3-8(2)9-4-6-10(7-5-9)11(12)13/h4-7H,3H2,1-2H3,(H,12,13). The van der Waals surface area contributed by atoms with Crippen molar-refractivity contribution in [2.45, 2.75) is 20.3 Å². The van der Waals surface area contributed by atoms with Crippen molar-refractivity contribution >= 4 is 5.97 Å². The van der Waals surface area contributed by atoms with Gasteiger partial charge in [0.1, 0.15) is 0 Å². The molecule has 0 aliphatic heterocycles. The van der Waals surface area contributed by atoms with Gasteiger partial charge in [0.25, 0.3) is 0 Å². The summed E-state index contributed by atoms with van der Waals surface area (Å²) >= 11 is 0. The van der Waals surface area contributed by atoms with Crippen molar-refractivity contribution in [1.82, 2.24) is 0 Å². The van der Waals surface area contributed by atoms with Crippen molar-refractivity contribution in [1.29, 1.82) is 0 Å². The summed E-state index contributed by atoms with van der Waals surface area (Å²) in [6.45, 7) is 4.14. The zero-order valence-corrected chi connectivity index (χ0v) is 7.87. The minimum atomic E-state index is -0.874. The average molecular weight is 177 g/mol. The van der Waals surface area contributed by atoms with Crippen LogP contribution in [0.1, 0.15) is 36.2 Å². The molecular formula is C11H13O2. The maximum atomic E-state index is 10.5. The molecular weight excluding hydrogens is 164 g/mol. The largest absolute Gasteiger partial charge is 0.478 e. The van der Waals surface area contributed by atoms with E-state index in [1.165, 1.54) is 5.92 Å². The molecule has 0 bridgehead atoms. The maximum Gasteiger partial charge on any atom is 0.335 e. The number of carboxylic acid groups (broad SMARTS) is 1. The summed E-state index contributed by atoms with van der Waals surface area (Å²) in [5.74, 6) is 0.401. The van der Waals surface area contributed by atoms with Gasteiger partial charge in [0.15, 0.2) is 0 Å². The van der Waals surface area contributed by atoms with E-state index in [0.717, 1.165) is 12.0 Å². The van der Waals surface area contributed by atoms with E-state index < -0.39 is 5.97 Å². The Balaban J connectivity index is 2.87. The molecule has 2 nitrogen and oxygen atoms in total. The first-order chi connectivity index (χ1) is 6.15. The smallest absolute Gasteiger partial charge is 0.335 e. The number of hydrogen-bond donors (Lipinski definition) is 1. The Hall–Kier alpha value is -1.31. The highest BCUT2D eigenvalue weighted by molar-refractivity contribution is 5.87. The van der Waals surface area contributed by atoms with Crippen LogP contribution in [0.25, 0.3) is 0 Å². The average Bonchev–Trinajstić information content (AvgIpc) is 2.17. The first-order valence-corrected chi connectivity index (χ1v) is 4.31. The lowest BCUT2D eigenvalue weighted by Crippen LogP contribution is -1.97. The Kier molecular flexibility index (Phi) is 3.07. The van der Waals surface area contributed by atoms with Crippen LogP contribution in [-0.4, -0.2) is 11.1 Å².